The standard InChI is InChI=1S/C61H117NO5/c1-3-5-7-9-11-13-15-17-19-20-21-22-23-24-25-26-28-29-33-37-41-45-49-53-59(64)58(57-63)62-60(65)54-50-46-42-38-34-31-32-36-40-44-48-52-56-67-61(66)55-51-47-43-39-35-30-27-18-16-14-12-10-8-6-4-2/h18,27,49,53,58-59,63-64H,3-17,19-26,28-48,50-52,54-57H2,1-2H3,(H,62,65)/b27-18-,53-49+. The van der Waals surface area contributed by atoms with Gasteiger partial charge in [0.1, 0.15) is 0 Å². The molecule has 0 fully saturated rings. The summed E-state index contributed by atoms with van der Waals surface area (Å²) in [5.74, 6) is -0.0988. The fraction of sp³-hybridized carbons (Fsp3) is 0.902. The van der Waals surface area contributed by atoms with Crippen LogP contribution in [0.4, 0.5) is 0 Å². The Labute approximate surface area is 418 Å². The molecule has 3 N–H and O–H groups in total. The highest BCUT2D eigenvalue weighted by Gasteiger charge is 2.18. The van der Waals surface area contributed by atoms with Crippen LogP contribution in [0.1, 0.15) is 328 Å². The van der Waals surface area contributed by atoms with Gasteiger partial charge in [-0.05, 0) is 57.8 Å². The van der Waals surface area contributed by atoms with E-state index in [1.807, 2.05) is 6.08 Å². The van der Waals surface area contributed by atoms with E-state index in [1.165, 1.54) is 244 Å². The first-order chi connectivity index (χ1) is 33.0. The number of allylic oxidation sites excluding steroid dienone is 3. The predicted octanol–water partition coefficient (Wildman–Crippen LogP) is 18.6. The minimum absolute atomic E-state index is 0.0180. The monoisotopic (exact) mass is 944 g/mol. The SMILES string of the molecule is CCCCCCCC/C=C\CCCCCCCC(=O)OCCCCCCCCCCCCCCC(=O)NC(CO)C(O)/C=C/CCCCCCCCCCCCCCCCCCCCCCC. The lowest BCUT2D eigenvalue weighted by Gasteiger charge is -2.20. The largest absolute Gasteiger partial charge is 0.466 e. The molecule has 0 aromatic heterocycles. The second kappa shape index (κ2) is 56.9. The van der Waals surface area contributed by atoms with Gasteiger partial charge in [0, 0.05) is 12.8 Å². The summed E-state index contributed by atoms with van der Waals surface area (Å²) in [4.78, 5) is 24.5. The molecule has 0 rings (SSSR count). The molecule has 0 heterocycles. The average molecular weight is 945 g/mol. The summed E-state index contributed by atoms with van der Waals surface area (Å²) >= 11 is 0. The molecule has 0 aliphatic heterocycles. The molecule has 0 aromatic rings. The lowest BCUT2D eigenvalue weighted by Crippen LogP contribution is -2.45. The smallest absolute Gasteiger partial charge is 0.305 e. The molecule has 2 unspecified atom stereocenters. The van der Waals surface area contributed by atoms with Crippen LogP contribution in [0, 0.1) is 0 Å². The third-order valence-electron chi connectivity index (χ3n) is 14.0. The highest BCUT2D eigenvalue weighted by molar-refractivity contribution is 5.76. The van der Waals surface area contributed by atoms with E-state index in [-0.39, 0.29) is 18.5 Å². The van der Waals surface area contributed by atoms with Gasteiger partial charge in [0.15, 0.2) is 0 Å². The number of esters is 1. The molecule has 0 saturated heterocycles. The fourth-order valence-electron chi connectivity index (χ4n) is 9.34. The van der Waals surface area contributed by atoms with Gasteiger partial charge in [0.25, 0.3) is 0 Å². The quantitative estimate of drug-likeness (QED) is 0.0321. The number of unbranched alkanes of at least 4 members (excludes halogenated alkanes) is 43. The van der Waals surface area contributed by atoms with Crippen LogP contribution in [0.5, 0.6) is 0 Å². The number of hydrogen-bond donors (Lipinski definition) is 3. The van der Waals surface area contributed by atoms with E-state index in [1.54, 1.807) is 6.08 Å². The topological polar surface area (TPSA) is 95.9 Å². The van der Waals surface area contributed by atoms with E-state index >= 15 is 0 Å². The summed E-state index contributed by atoms with van der Waals surface area (Å²) in [6.07, 6.45) is 69.2. The Morgan fingerprint density at radius 2 is 0.701 bits per heavy atom. The van der Waals surface area contributed by atoms with Gasteiger partial charge in [-0.2, -0.15) is 0 Å². The molecule has 67 heavy (non-hydrogen) atoms. The van der Waals surface area contributed by atoms with Crippen LogP contribution in [0.3, 0.4) is 0 Å². The normalized spacial score (nSPS) is 12.7. The molecule has 1 amide bonds. The van der Waals surface area contributed by atoms with Crippen LogP contribution in [0.2, 0.25) is 0 Å². The van der Waals surface area contributed by atoms with Gasteiger partial charge in [-0.3, -0.25) is 9.59 Å². The molecular formula is C61H117NO5. The van der Waals surface area contributed by atoms with Gasteiger partial charge >= 0.3 is 5.97 Å². The van der Waals surface area contributed by atoms with Crippen molar-refractivity contribution in [3.05, 3.63) is 24.3 Å². The molecule has 6 heteroatoms. The molecule has 396 valence electrons. The number of ether oxygens (including phenoxy) is 1. The van der Waals surface area contributed by atoms with Crippen molar-refractivity contribution in [3.8, 4) is 0 Å². The lowest BCUT2D eigenvalue weighted by molar-refractivity contribution is -0.143. The van der Waals surface area contributed by atoms with Gasteiger partial charge in [0.05, 0.1) is 25.4 Å². The summed E-state index contributed by atoms with van der Waals surface area (Å²) in [5.41, 5.74) is 0. The van der Waals surface area contributed by atoms with E-state index < -0.39 is 12.1 Å². The van der Waals surface area contributed by atoms with Crippen molar-refractivity contribution in [2.45, 2.75) is 341 Å². The number of rotatable bonds is 56. The number of aliphatic hydroxyl groups excluding tert-OH is 2. The van der Waals surface area contributed by atoms with Crippen LogP contribution >= 0.6 is 0 Å². The van der Waals surface area contributed by atoms with E-state index in [0.29, 0.717) is 19.4 Å². The van der Waals surface area contributed by atoms with E-state index in [9.17, 15) is 19.8 Å². The molecule has 0 radical (unpaired) electrons. The Morgan fingerprint density at radius 3 is 1.06 bits per heavy atom. The second-order valence-electron chi connectivity index (χ2n) is 20.7. The number of amides is 1. The zero-order valence-corrected chi connectivity index (χ0v) is 45.1. The third-order valence-corrected chi connectivity index (χ3v) is 14.0. The second-order valence-corrected chi connectivity index (χ2v) is 20.7. The molecule has 0 spiro atoms. The van der Waals surface area contributed by atoms with E-state index in [4.69, 9.17) is 4.74 Å². The Bertz CT molecular complexity index is 1040. The molecule has 0 aliphatic carbocycles. The van der Waals surface area contributed by atoms with Crippen molar-refractivity contribution in [3.63, 3.8) is 0 Å². The van der Waals surface area contributed by atoms with Crippen molar-refractivity contribution in [2.75, 3.05) is 13.2 Å². The molecular weight excluding hydrogens is 827 g/mol. The highest BCUT2D eigenvalue weighted by atomic mass is 16.5. The van der Waals surface area contributed by atoms with Crippen molar-refractivity contribution >= 4 is 11.9 Å². The summed E-state index contributed by atoms with van der Waals surface area (Å²) < 4.78 is 5.47. The maximum absolute atomic E-state index is 12.5. The van der Waals surface area contributed by atoms with E-state index in [2.05, 4.69) is 31.3 Å². The highest BCUT2D eigenvalue weighted by Crippen LogP contribution is 2.17. The molecule has 2 atom stereocenters. The Kier molecular flexibility index (Phi) is 55.5. The van der Waals surface area contributed by atoms with Crippen LogP contribution in [0.15, 0.2) is 24.3 Å². The number of nitrogens with one attached hydrogen (secondary N) is 1. The van der Waals surface area contributed by atoms with Crippen LogP contribution in [-0.2, 0) is 14.3 Å². The fourth-order valence-corrected chi connectivity index (χ4v) is 9.34. The molecule has 0 aromatic carbocycles. The minimum Gasteiger partial charge on any atom is -0.466 e. The Balaban J connectivity index is 3.49. The van der Waals surface area contributed by atoms with Gasteiger partial charge in [-0.1, -0.05) is 282 Å². The lowest BCUT2D eigenvalue weighted by atomic mass is 10.0. The van der Waals surface area contributed by atoms with Gasteiger partial charge in [-0.25, -0.2) is 0 Å². The number of hydrogen-bond acceptors (Lipinski definition) is 5. The van der Waals surface area contributed by atoms with Crippen LogP contribution in [0.25, 0.3) is 0 Å². The summed E-state index contributed by atoms with van der Waals surface area (Å²) in [6, 6.07) is -0.641. The molecule has 0 bridgehead atoms. The summed E-state index contributed by atoms with van der Waals surface area (Å²) in [7, 11) is 0. The minimum atomic E-state index is -0.856. The molecule has 0 aliphatic rings. The van der Waals surface area contributed by atoms with Gasteiger partial charge < -0.3 is 20.3 Å². The number of carbonyl (C=O) groups excluding carboxylic acids is 2. The number of aliphatic hydroxyl groups is 2. The van der Waals surface area contributed by atoms with Crippen molar-refractivity contribution in [1.82, 2.24) is 5.32 Å². The van der Waals surface area contributed by atoms with E-state index in [0.717, 1.165) is 57.8 Å². The average Bonchev–Trinajstić information content (AvgIpc) is 3.33. The van der Waals surface area contributed by atoms with Crippen molar-refractivity contribution < 1.29 is 24.5 Å². The Morgan fingerprint density at radius 1 is 0.403 bits per heavy atom. The van der Waals surface area contributed by atoms with Crippen LogP contribution < -0.4 is 5.32 Å². The van der Waals surface area contributed by atoms with Gasteiger partial charge in [-0.15, -0.1) is 0 Å². The first kappa shape index (κ1) is 65.3. The van der Waals surface area contributed by atoms with Crippen molar-refractivity contribution in [2.24, 2.45) is 0 Å². The first-order valence-electron chi connectivity index (χ1n) is 30.1. The Hall–Kier alpha value is -1.66. The molecule has 0 saturated carbocycles. The van der Waals surface area contributed by atoms with Crippen molar-refractivity contribution in [1.29, 1.82) is 0 Å². The predicted molar refractivity (Wildman–Crippen MR) is 292 cm³/mol. The maximum atomic E-state index is 12.5. The summed E-state index contributed by atoms with van der Waals surface area (Å²) in [5, 5.41) is 23.2. The first-order valence-corrected chi connectivity index (χ1v) is 30.1. The number of carbonyl (C=O) groups is 2. The third kappa shape index (κ3) is 53.5. The maximum Gasteiger partial charge on any atom is 0.305 e. The zero-order valence-electron chi connectivity index (χ0n) is 45.1. The summed E-state index contributed by atoms with van der Waals surface area (Å²) in [6.45, 7) is 4.88. The zero-order chi connectivity index (χ0) is 48.6. The van der Waals surface area contributed by atoms with Gasteiger partial charge in [0.2, 0.25) is 5.91 Å². The molecule has 6 nitrogen and oxygen atoms in total. The van der Waals surface area contributed by atoms with Crippen LogP contribution in [-0.4, -0.2) is 47.4 Å².